The molecule has 5 aliphatic rings. The molecule has 1 heterocycles. The SMILES string of the molecule is O=C(Nc1ccc2c(c1)CCC2)C12C[C@H]3C[C@H](C1)CC(n1cnc(Br)n1)(C3)C2. The standard InChI is InChI=1S/C22H25BrN4O/c23-20-24-13-27(26-20)22-10-14-6-15(11-22)9-21(8-14,12-22)19(28)25-18-5-4-16-2-1-3-17(16)7-18/h4-5,7,13-15H,1-3,6,8-12H2,(H,25,28)/t14-,15-,21?,22?/m1/s1. The summed E-state index contributed by atoms with van der Waals surface area (Å²) in [6.45, 7) is 0. The van der Waals surface area contributed by atoms with Gasteiger partial charge in [-0.05, 0) is 109 Å². The maximum absolute atomic E-state index is 13.6. The molecule has 0 saturated heterocycles. The number of aryl methyl sites for hydroxylation is 2. The number of rotatable bonds is 3. The van der Waals surface area contributed by atoms with Gasteiger partial charge in [0.15, 0.2) is 0 Å². The maximum atomic E-state index is 13.6. The topological polar surface area (TPSA) is 59.8 Å². The molecule has 5 nitrogen and oxygen atoms in total. The van der Waals surface area contributed by atoms with Gasteiger partial charge in [0.2, 0.25) is 10.6 Å². The summed E-state index contributed by atoms with van der Waals surface area (Å²) in [5.41, 5.74) is 3.52. The molecule has 6 heteroatoms. The van der Waals surface area contributed by atoms with Crippen LogP contribution < -0.4 is 5.32 Å². The molecule has 1 N–H and O–H groups in total. The van der Waals surface area contributed by atoms with E-state index in [-0.39, 0.29) is 16.9 Å². The van der Waals surface area contributed by atoms with E-state index in [2.05, 4.69) is 54.2 Å². The second-order valence-corrected chi connectivity index (χ2v) is 10.4. The number of amides is 1. The highest BCUT2D eigenvalue weighted by molar-refractivity contribution is 9.10. The van der Waals surface area contributed by atoms with Crippen LogP contribution in [0.3, 0.4) is 0 Å². The van der Waals surface area contributed by atoms with Crippen LogP contribution in [0, 0.1) is 17.3 Å². The molecule has 2 atom stereocenters. The van der Waals surface area contributed by atoms with Crippen LogP contribution in [-0.4, -0.2) is 20.7 Å². The third-order valence-corrected chi connectivity index (χ3v) is 8.18. The smallest absolute Gasteiger partial charge is 0.230 e. The zero-order chi connectivity index (χ0) is 18.9. The van der Waals surface area contributed by atoms with Crippen molar-refractivity contribution in [2.24, 2.45) is 17.3 Å². The average molecular weight is 441 g/mol. The molecular weight excluding hydrogens is 416 g/mol. The lowest BCUT2D eigenvalue weighted by Crippen LogP contribution is -2.60. The molecule has 4 fully saturated rings. The minimum absolute atomic E-state index is 0.0433. The van der Waals surface area contributed by atoms with Crippen molar-refractivity contribution in [2.75, 3.05) is 5.32 Å². The molecule has 4 bridgehead atoms. The Kier molecular flexibility index (Phi) is 3.63. The number of aromatic nitrogens is 3. The fourth-order valence-electron chi connectivity index (χ4n) is 7.13. The van der Waals surface area contributed by atoms with Gasteiger partial charge in [-0.2, -0.15) is 0 Å². The molecule has 0 spiro atoms. The number of carbonyl (C=O) groups is 1. The van der Waals surface area contributed by atoms with Crippen LogP contribution in [0.4, 0.5) is 5.69 Å². The van der Waals surface area contributed by atoms with Crippen molar-refractivity contribution in [2.45, 2.75) is 63.3 Å². The molecule has 1 aromatic heterocycles. The third-order valence-electron chi connectivity index (χ3n) is 7.82. The van der Waals surface area contributed by atoms with Crippen LogP contribution in [0.5, 0.6) is 0 Å². The van der Waals surface area contributed by atoms with Crippen molar-refractivity contribution >= 4 is 27.5 Å². The molecule has 4 saturated carbocycles. The molecule has 1 aromatic carbocycles. The molecule has 0 unspecified atom stereocenters. The Morgan fingerprint density at radius 3 is 2.68 bits per heavy atom. The maximum Gasteiger partial charge on any atom is 0.230 e. The van der Waals surface area contributed by atoms with Gasteiger partial charge in [-0.25, -0.2) is 9.67 Å². The van der Waals surface area contributed by atoms with E-state index in [1.165, 1.54) is 30.4 Å². The van der Waals surface area contributed by atoms with Crippen molar-refractivity contribution in [3.05, 3.63) is 40.4 Å². The Morgan fingerprint density at radius 1 is 1.14 bits per heavy atom. The number of nitrogens with zero attached hydrogens (tertiary/aromatic N) is 3. The van der Waals surface area contributed by atoms with Crippen molar-refractivity contribution in [1.82, 2.24) is 14.8 Å². The zero-order valence-electron chi connectivity index (χ0n) is 16.0. The Bertz CT molecular complexity index is 953. The van der Waals surface area contributed by atoms with Gasteiger partial charge in [-0.1, -0.05) is 6.07 Å². The van der Waals surface area contributed by atoms with E-state index in [9.17, 15) is 4.79 Å². The predicted molar refractivity (Wildman–Crippen MR) is 110 cm³/mol. The van der Waals surface area contributed by atoms with Gasteiger partial charge in [0.05, 0.1) is 11.0 Å². The molecule has 1 amide bonds. The summed E-state index contributed by atoms with van der Waals surface area (Å²) in [5, 5.41) is 7.91. The first-order chi connectivity index (χ1) is 13.5. The molecule has 7 rings (SSSR count). The van der Waals surface area contributed by atoms with Crippen molar-refractivity contribution in [3.63, 3.8) is 0 Å². The number of nitrogens with one attached hydrogen (secondary N) is 1. The third kappa shape index (κ3) is 2.53. The monoisotopic (exact) mass is 440 g/mol. The number of carbonyl (C=O) groups excluding carboxylic acids is 1. The number of halogens is 1. The van der Waals surface area contributed by atoms with Crippen LogP contribution in [0.25, 0.3) is 0 Å². The van der Waals surface area contributed by atoms with Crippen LogP contribution in [0.15, 0.2) is 29.3 Å². The minimum atomic E-state index is -0.262. The average Bonchev–Trinajstić information content (AvgIpc) is 3.29. The van der Waals surface area contributed by atoms with Gasteiger partial charge in [0, 0.05) is 5.69 Å². The lowest BCUT2D eigenvalue weighted by Gasteiger charge is -2.60. The fourth-order valence-corrected chi connectivity index (χ4v) is 7.40. The van der Waals surface area contributed by atoms with E-state index in [0.29, 0.717) is 16.6 Å². The van der Waals surface area contributed by atoms with Crippen molar-refractivity contribution in [3.8, 4) is 0 Å². The minimum Gasteiger partial charge on any atom is -0.326 e. The zero-order valence-corrected chi connectivity index (χ0v) is 17.5. The van der Waals surface area contributed by atoms with E-state index in [4.69, 9.17) is 0 Å². The largest absolute Gasteiger partial charge is 0.326 e. The molecule has 2 aromatic rings. The summed E-state index contributed by atoms with van der Waals surface area (Å²) in [4.78, 5) is 17.9. The van der Waals surface area contributed by atoms with Crippen LogP contribution in [0.2, 0.25) is 0 Å². The first-order valence-corrected chi connectivity index (χ1v) is 11.3. The van der Waals surface area contributed by atoms with Crippen LogP contribution >= 0.6 is 15.9 Å². The second kappa shape index (κ2) is 5.91. The summed E-state index contributed by atoms with van der Waals surface area (Å²) in [5.74, 6) is 1.47. The highest BCUT2D eigenvalue weighted by Gasteiger charge is 2.61. The van der Waals surface area contributed by atoms with Gasteiger partial charge in [0.25, 0.3) is 0 Å². The Labute approximate surface area is 173 Å². The predicted octanol–water partition coefficient (Wildman–Crippen LogP) is 4.46. The number of hydrogen-bond donors (Lipinski definition) is 1. The highest BCUT2D eigenvalue weighted by atomic mass is 79.9. The normalized spacial score (nSPS) is 35.2. The fraction of sp³-hybridized carbons (Fsp3) is 0.591. The summed E-state index contributed by atoms with van der Waals surface area (Å²) >= 11 is 3.40. The Morgan fingerprint density at radius 2 is 1.93 bits per heavy atom. The lowest BCUT2D eigenvalue weighted by atomic mass is 9.46. The van der Waals surface area contributed by atoms with Crippen LogP contribution in [0.1, 0.15) is 56.1 Å². The summed E-state index contributed by atoms with van der Waals surface area (Å²) in [6.07, 6.45) is 11.9. The van der Waals surface area contributed by atoms with Crippen molar-refractivity contribution < 1.29 is 4.79 Å². The molecule has 5 aliphatic carbocycles. The molecule has 0 aliphatic heterocycles. The number of benzene rings is 1. The number of fused-ring (bicyclic) bond motifs is 1. The quantitative estimate of drug-likeness (QED) is 0.765. The van der Waals surface area contributed by atoms with Crippen molar-refractivity contribution in [1.29, 1.82) is 0 Å². The number of anilines is 1. The molecule has 28 heavy (non-hydrogen) atoms. The van der Waals surface area contributed by atoms with E-state index in [1.54, 1.807) is 0 Å². The Balaban J connectivity index is 1.31. The first-order valence-electron chi connectivity index (χ1n) is 10.5. The molecule has 0 radical (unpaired) electrons. The van der Waals surface area contributed by atoms with Gasteiger partial charge in [-0.3, -0.25) is 4.79 Å². The summed E-state index contributed by atoms with van der Waals surface area (Å²) in [7, 11) is 0. The first kappa shape index (κ1) is 17.2. The molecular formula is C22H25BrN4O. The number of hydrogen-bond acceptors (Lipinski definition) is 3. The lowest BCUT2D eigenvalue weighted by molar-refractivity contribution is -0.150. The van der Waals surface area contributed by atoms with E-state index in [1.807, 2.05) is 6.33 Å². The van der Waals surface area contributed by atoms with Gasteiger partial charge >= 0.3 is 0 Å². The molecule has 146 valence electrons. The Hall–Kier alpha value is -1.69. The van der Waals surface area contributed by atoms with E-state index in [0.717, 1.165) is 44.2 Å². The van der Waals surface area contributed by atoms with Gasteiger partial charge in [-0.15, -0.1) is 5.10 Å². The van der Waals surface area contributed by atoms with E-state index < -0.39 is 0 Å². The van der Waals surface area contributed by atoms with Gasteiger partial charge < -0.3 is 5.32 Å². The van der Waals surface area contributed by atoms with E-state index >= 15 is 0 Å². The summed E-state index contributed by atoms with van der Waals surface area (Å²) < 4.78 is 2.70. The van der Waals surface area contributed by atoms with Gasteiger partial charge in [0.1, 0.15) is 6.33 Å². The summed E-state index contributed by atoms with van der Waals surface area (Å²) in [6, 6.07) is 6.49. The highest BCUT2D eigenvalue weighted by Crippen LogP contribution is 2.64. The second-order valence-electron chi connectivity index (χ2n) is 9.72. The van der Waals surface area contributed by atoms with Crippen LogP contribution in [-0.2, 0) is 23.2 Å².